The maximum absolute atomic E-state index is 11.7. The maximum Gasteiger partial charge on any atom is 0.236 e. The van der Waals surface area contributed by atoms with Crippen molar-refractivity contribution in [3.8, 4) is 0 Å². The van der Waals surface area contributed by atoms with Crippen molar-refractivity contribution >= 4 is 5.91 Å². The van der Waals surface area contributed by atoms with Crippen molar-refractivity contribution in [1.82, 2.24) is 10.2 Å². The molecule has 0 aliphatic carbocycles. The molecule has 3 heteroatoms. The van der Waals surface area contributed by atoms with Crippen LogP contribution in [-0.4, -0.2) is 37.0 Å². The van der Waals surface area contributed by atoms with Gasteiger partial charge in [-0.3, -0.25) is 4.79 Å². The molecule has 1 amide bonds. The minimum absolute atomic E-state index is 0.183. The Bertz CT molecular complexity index is 320. The lowest BCUT2D eigenvalue weighted by Crippen LogP contribution is -2.38. The van der Waals surface area contributed by atoms with Gasteiger partial charge in [0.1, 0.15) is 0 Å². The fraction of sp³-hybridized carbons (Fsp3) is 0.500. The van der Waals surface area contributed by atoms with Crippen molar-refractivity contribution in [3.63, 3.8) is 0 Å². The van der Waals surface area contributed by atoms with Crippen molar-refractivity contribution < 1.29 is 4.79 Å². The second-order valence-electron chi connectivity index (χ2n) is 3.98. The van der Waals surface area contributed by atoms with Gasteiger partial charge in [0.05, 0.1) is 6.54 Å². The van der Waals surface area contributed by atoms with Gasteiger partial charge in [-0.25, -0.2) is 0 Å². The van der Waals surface area contributed by atoms with Gasteiger partial charge in [-0.15, -0.1) is 0 Å². The average Bonchev–Trinajstić information content (AvgIpc) is 2.37. The van der Waals surface area contributed by atoms with E-state index < -0.39 is 0 Å². The van der Waals surface area contributed by atoms with Crippen LogP contribution in [0.2, 0.25) is 0 Å². The van der Waals surface area contributed by atoms with Crippen LogP contribution in [0.4, 0.5) is 0 Å². The van der Waals surface area contributed by atoms with Gasteiger partial charge in [-0.05, 0) is 32.4 Å². The molecule has 0 spiro atoms. The molecule has 0 saturated heterocycles. The number of likely N-dealkylation sites (N-methyl/N-ethyl adjacent to an activating group) is 1. The Morgan fingerprint density at radius 3 is 2.41 bits per heavy atom. The van der Waals surface area contributed by atoms with E-state index in [1.165, 1.54) is 5.56 Å². The van der Waals surface area contributed by atoms with Crippen LogP contribution in [0.3, 0.4) is 0 Å². The van der Waals surface area contributed by atoms with Gasteiger partial charge >= 0.3 is 0 Å². The molecule has 0 heterocycles. The van der Waals surface area contributed by atoms with Gasteiger partial charge in [0.2, 0.25) is 5.91 Å². The summed E-state index contributed by atoms with van der Waals surface area (Å²) in [6, 6.07) is 10.3. The molecule has 0 bridgehead atoms. The monoisotopic (exact) mass is 234 g/mol. The summed E-state index contributed by atoms with van der Waals surface area (Å²) in [6.07, 6.45) is 0.965. The quantitative estimate of drug-likeness (QED) is 0.728. The van der Waals surface area contributed by atoms with Crippen molar-refractivity contribution in [2.24, 2.45) is 0 Å². The van der Waals surface area contributed by atoms with E-state index in [1.54, 1.807) is 0 Å². The third-order valence-electron chi connectivity index (χ3n) is 2.83. The Hall–Kier alpha value is -1.35. The van der Waals surface area contributed by atoms with E-state index in [2.05, 4.69) is 17.4 Å². The normalized spacial score (nSPS) is 10.2. The zero-order valence-electron chi connectivity index (χ0n) is 10.8. The third kappa shape index (κ3) is 5.00. The summed E-state index contributed by atoms with van der Waals surface area (Å²) in [5.74, 6) is 0.183. The van der Waals surface area contributed by atoms with Crippen molar-refractivity contribution in [1.29, 1.82) is 0 Å². The maximum atomic E-state index is 11.7. The topological polar surface area (TPSA) is 32.3 Å². The fourth-order valence-electron chi connectivity index (χ4n) is 1.76. The average molecular weight is 234 g/mol. The van der Waals surface area contributed by atoms with Crippen LogP contribution < -0.4 is 5.32 Å². The number of amides is 1. The summed E-state index contributed by atoms with van der Waals surface area (Å²) in [6.45, 7) is 6.87. The number of nitrogens with zero attached hydrogens (tertiary/aromatic N) is 1. The number of hydrogen-bond acceptors (Lipinski definition) is 2. The molecule has 0 fully saturated rings. The van der Waals surface area contributed by atoms with E-state index in [1.807, 2.05) is 36.9 Å². The molecule has 3 nitrogen and oxygen atoms in total. The van der Waals surface area contributed by atoms with Gasteiger partial charge in [0.25, 0.3) is 0 Å². The molecule has 1 aromatic carbocycles. The standard InChI is InChI=1S/C14H22N2O/c1-3-16(4-2)14(17)12-15-11-10-13-8-6-5-7-9-13/h5-9,15H,3-4,10-12H2,1-2H3. The van der Waals surface area contributed by atoms with Gasteiger partial charge < -0.3 is 10.2 Å². The molecule has 0 unspecified atom stereocenters. The van der Waals surface area contributed by atoms with E-state index >= 15 is 0 Å². The minimum Gasteiger partial charge on any atom is -0.342 e. The zero-order chi connectivity index (χ0) is 12.5. The van der Waals surface area contributed by atoms with Crippen LogP contribution in [0.5, 0.6) is 0 Å². The van der Waals surface area contributed by atoms with Crippen LogP contribution >= 0.6 is 0 Å². The number of benzene rings is 1. The SMILES string of the molecule is CCN(CC)C(=O)CNCCc1ccccc1. The van der Waals surface area contributed by atoms with Crippen LogP contribution in [0.1, 0.15) is 19.4 Å². The minimum atomic E-state index is 0.183. The van der Waals surface area contributed by atoms with E-state index in [4.69, 9.17) is 0 Å². The number of nitrogens with one attached hydrogen (secondary N) is 1. The smallest absolute Gasteiger partial charge is 0.236 e. The zero-order valence-corrected chi connectivity index (χ0v) is 10.8. The Morgan fingerprint density at radius 2 is 1.82 bits per heavy atom. The summed E-state index contributed by atoms with van der Waals surface area (Å²) in [4.78, 5) is 13.5. The van der Waals surface area contributed by atoms with Gasteiger partial charge in [0.15, 0.2) is 0 Å². The molecule has 0 aliphatic rings. The first kappa shape index (κ1) is 13.7. The predicted molar refractivity (Wildman–Crippen MR) is 70.9 cm³/mol. The molecule has 0 radical (unpaired) electrons. The van der Waals surface area contributed by atoms with E-state index in [-0.39, 0.29) is 5.91 Å². The molecule has 1 N–H and O–H groups in total. The van der Waals surface area contributed by atoms with E-state index in [0.717, 1.165) is 26.1 Å². The fourth-order valence-corrected chi connectivity index (χ4v) is 1.76. The highest BCUT2D eigenvalue weighted by Gasteiger charge is 2.07. The summed E-state index contributed by atoms with van der Waals surface area (Å²) < 4.78 is 0. The largest absolute Gasteiger partial charge is 0.342 e. The molecule has 1 aromatic rings. The van der Waals surface area contributed by atoms with Gasteiger partial charge in [-0.2, -0.15) is 0 Å². The van der Waals surface area contributed by atoms with Crippen LogP contribution in [-0.2, 0) is 11.2 Å². The molecule has 17 heavy (non-hydrogen) atoms. The molecule has 0 saturated carbocycles. The van der Waals surface area contributed by atoms with E-state index in [9.17, 15) is 4.79 Å². The van der Waals surface area contributed by atoms with Gasteiger partial charge in [0, 0.05) is 13.1 Å². The Kier molecular flexibility index (Phi) is 6.33. The lowest BCUT2D eigenvalue weighted by molar-refractivity contribution is -0.129. The van der Waals surface area contributed by atoms with Crippen LogP contribution in [0, 0.1) is 0 Å². The van der Waals surface area contributed by atoms with Crippen LogP contribution in [0.25, 0.3) is 0 Å². The highest BCUT2D eigenvalue weighted by molar-refractivity contribution is 5.78. The molecule has 0 atom stereocenters. The number of hydrogen-bond donors (Lipinski definition) is 1. The third-order valence-corrected chi connectivity index (χ3v) is 2.83. The second kappa shape index (κ2) is 7.85. The Balaban J connectivity index is 2.18. The van der Waals surface area contributed by atoms with Crippen molar-refractivity contribution in [2.75, 3.05) is 26.2 Å². The van der Waals surface area contributed by atoms with Crippen LogP contribution in [0.15, 0.2) is 30.3 Å². The van der Waals surface area contributed by atoms with Gasteiger partial charge in [-0.1, -0.05) is 30.3 Å². The number of rotatable bonds is 7. The predicted octanol–water partition coefficient (Wildman–Crippen LogP) is 1.69. The Morgan fingerprint density at radius 1 is 1.18 bits per heavy atom. The first-order chi connectivity index (χ1) is 8.27. The first-order valence-corrected chi connectivity index (χ1v) is 6.30. The van der Waals surface area contributed by atoms with Crippen molar-refractivity contribution in [3.05, 3.63) is 35.9 Å². The van der Waals surface area contributed by atoms with Crippen molar-refractivity contribution in [2.45, 2.75) is 20.3 Å². The second-order valence-corrected chi connectivity index (χ2v) is 3.98. The van der Waals surface area contributed by atoms with E-state index in [0.29, 0.717) is 6.54 Å². The number of carbonyl (C=O) groups is 1. The molecular weight excluding hydrogens is 212 g/mol. The highest BCUT2D eigenvalue weighted by Crippen LogP contribution is 1.98. The molecule has 94 valence electrons. The molecule has 0 aliphatic heterocycles. The first-order valence-electron chi connectivity index (χ1n) is 6.30. The summed E-state index contributed by atoms with van der Waals surface area (Å²) in [5.41, 5.74) is 1.30. The summed E-state index contributed by atoms with van der Waals surface area (Å²) in [7, 11) is 0. The number of carbonyl (C=O) groups excluding carboxylic acids is 1. The molecule has 1 rings (SSSR count). The summed E-state index contributed by atoms with van der Waals surface area (Å²) >= 11 is 0. The molecule has 0 aromatic heterocycles. The summed E-state index contributed by atoms with van der Waals surface area (Å²) in [5, 5.41) is 3.19. The Labute approximate surface area is 104 Å². The lowest BCUT2D eigenvalue weighted by Gasteiger charge is -2.18. The molecular formula is C14H22N2O. The highest BCUT2D eigenvalue weighted by atomic mass is 16.2. The lowest BCUT2D eigenvalue weighted by atomic mass is 10.1.